The second kappa shape index (κ2) is 9.07. The van der Waals surface area contributed by atoms with Crippen molar-refractivity contribution in [3.05, 3.63) is 63.5 Å². The van der Waals surface area contributed by atoms with E-state index in [-0.39, 0.29) is 10.6 Å². The Kier molecular flexibility index (Phi) is 7.25. The minimum Gasteiger partial charge on any atom is -0.277 e. The second-order valence-corrected chi connectivity index (χ2v) is 9.37. The highest BCUT2D eigenvalue weighted by molar-refractivity contribution is 7.99. The van der Waals surface area contributed by atoms with Gasteiger partial charge in [-0.15, -0.1) is 16.6 Å². The number of thioether (sulfide) groups is 1. The number of amides is 1. The van der Waals surface area contributed by atoms with Crippen molar-refractivity contribution in [2.24, 2.45) is 0 Å². The molecule has 0 radical (unpaired) electrons. The van der Waals surface area contributed by atoms with E-state index in [0.717, 1.165) is 24.3 Å². The van der Waals surface area contributed by atoms with Crippen LogP contribution >= 0.6 is 11.8 Å². The summed E-state index contributed by atoms with van der Waals surface area (Å²) in [6.07, 6.45) is 0. The molecule has 0 saturated carbocycles. The summed E-state index contributed by atoms with van der Waals surface area (Å²) in [7, 11) is -3.94. The molecule has 0 atom stereocenters. The minimum absolute atomic E-state index is 0.108. The van der Waals surface area contributed by atoms with Gasteiger partial charge in [-0.05, 0) is 92.3 Å². The van der Waals surface area contributed by atoms with Crippen LogP contribution in [0.2, 0.25) is 0 Å². The Morgan fingerprint density at radius 1 is 0.929 bits per heavy atom. The van der Waals surface area contributed by atoms with Gasteiger partial charge < -0.3 is 0 Å². The van der Waals surface area contributed by atoms with Crippen molar-refractivity contribution >= 4 is 27.7 Å². The van der Waals surface area contributed by atoms with E-state index in [4.69, 9.17) is 0 Å². The molecule has 0 aliphatic rings. The Labute approximate surface area is 170 Å². The maximum Gasteiger partial charge on any atom is 0.257 e. The van der Waals surface area contributed by atoms with Gasteiger partial charge in [0.05, 0.1) is 10.6 Å². The van der Waals surface area contributed by atoms with Gasteiger partial charge in [-0.1, -0.05) is 0 Å². The molecular formula is C20H25FN2O3S2. The third-order valence-electron chi connectivity index (χ3n) is 5.08. The highest BCUT2D eigenvalue weighted by atomic mass is 32.2. The Balaban J connectivity index is 1.93. The molecule has 8 heteroatoms. The molecule has 2 aromatic rings. The Bertz CT molecular complexity index is 958. The maximum absolute atomic E-state index is 12.9. The predicted octanol–water partition coefficient (Wildman–Crippen LogP) is 3.61. The minimum atomic E-state index is -3.94. The van der Waals surface area contributed by atoms with Crippen molar-refractivity contribution in [1.29, 1.82) is 0 Å². The molecule has 0 heterocycles. The molecule has 2 N–H and O–H groups in total. The lowest BCUT2D eigenvalue weighted by atomic mass is 9.90. The SMILES string of the molecule is Cc1c(C)c(C)c(CSCC(=O)NNS(=O)(=O)c2ccc(F)cc2)c(C)c1C. The molecule has 2 aromatic carbocycles. The number of halogens is 1. The average Bonchev–Trinajstić information content (AvgIpc) is 2.66. The first-order chi connectivity index (χ1) is 13.0. The van der Waals surface area contributed by atoms with Gasteiger partial charge in [-0.25, -0.2) is 12.8 Å². The summed E-state index contributed by atoms with van der Waals surface area (Å²) >= 11 is 1.42. The molecule has 0 aliphatic carbocycles. The Morgan fingerprint density at radius 3 is 1.96 bits per heavy atom. The first kappa shape index (κ1) is 22.4. The van der Waals surface area contributed by atoms with E-state index < -0.39 is 21.7 Å². The van der Waals surface area contributed by atoms with Crippen molar-refractivity contribution in [2.45, 2.75) is 45.3 Å². The van der Waals surface area contributed by atoms with Crippen LogP contribution in [0.5, 0.6) is 0 Å². The fourth-order valence-corrected chi connectivity index (χ4v) is 4.73. The second-order valence-electron chi connectivity index (χ2n) is 6.70. The molecule has 152 valence electrons. The molecule has 0 saturated heterocycles. The summed E-state index contributed by atoms with van der Waals surface area (Å²) in [5, 5.41) is 0. The molecule has 0 spiro atoms. The van der Waals surface area contributed by atoms with E-state index >= 15 is 0 Å². The van der Waals surface area contributed by atoms with E-state index in [1.807, 2.05) is 4.83 Å². The Hall–Kier alpha value is -1.90. The number of hydrogen-bond donors (Lipinski definition) is 2. The van der Waals surface area contributed by atoms with Crippen molar-refractivity contribution in [1.82, 2.24) is 10.3 Å². The summed E-state index contributed by atoms with van der Waals surface area (Å²) in [4.78, 5) is 13.9. The summed E-state index contributed by atoms with van der Waals surface area (Å²) in [5.74, 6) is -0.216. The number of sulfonamides is 1. The molecule has 0 aliphatic heterocycles. The summed E-state index contributed by atoms with van der Waals surface area (Å²) in [6, 6.07) is 4.35. The summed E-state index contributed by atoms with van der Waals surface area (Å²) in [6.45, 7) is 10.5. The van der Waals surface area contributed by atoms with Crippen LogP contribution in [0, 0.1) is 40.4 Å². The van der Waals surface area contributed by atoms with E-state index in [9.17, 15) is 17.6 Å². The number of hydrazine groups is 1. The highest BCUT2D eigenvalue weighted by Crippen LogP contribution is 2.28. The Morgan fingerprint density at radius 2 is 1.43 bits per heavy atom. The van der Waals surface area contributed by atoms with Gasteiger partial charge in [0.25, 0.3) is 10.0 Å². The van der Waals surface area contributed by atoms with Crippen molar-refractivity contribution in [3.8, 4) is 0 Å². The zero-order chi connectivity index (χ0) is 21.1. The van der Waals surface area contributed by atoms with Crippen molar-refractivity contribution < 1.29 is 17.6 Å². The third-order valence-corrected chi connectivity index (χ3v) is 7.31. The fourth-order valence-electron chi connectivity index (χ4n) is 2.87. The molecule has 0 fully saturated rings. The van der Waals surface area contributed by atoms with Crippen molar-refractivity contribution in [3.63, 3.8) is 0 Å². The van der Waals surface area contributed by atoms with E-state index in [2.05, 4.69) is 40.0 Å². The topological polar surface area (TPSA) is 75.3 Å². The standard InChI is InChI=1S/C20H25FN2O3S2/c1-12-13(2)15(4)19(16(5)14(12)3)10-27-11-20(24)22-23-28(25,26)18-8-6-17(21)7-9-18/h6-9,23H,10-11H2,1-5H3,(H,22,24). The number of benzene rings is 2. The number of carbonyl (C=O) groups is 1. The van der Waals surface area contributed by atoms with E-state index in [1.54, 1.807) is 0 Å². The zero-order valence-corrected chi connectivity index (χ0v) is 18.3. The van der Waals surface area contributed by atoms with Gasteiger partial charge in [0.2, 0.25) is 5.91 Å². The van der Waals surface area contributed by atoms with E-state index in [0.29, 0.717) is 5.75 Å². The van der Waals surface area contributed by atoms with E-state index in [1.165, 1.54) is 45.1 Å². The van der Waals surface area contributed by atoms with Crippen LogP contribution in [-0.2, 0) is 20.6 Å². The van der Waals surface area contributed by atoms with Crippen LogP contribution < -0.4 is 10.3 Å². The van der Waals surface area contributed by atoms with Gasteiger partial charge in [0.15, 0.2) is 0 Å². The normalized spacial score (nSPS) is 11.5. The number of rotatable bonds is 7. The lowest BCUT2D eigenvalue weighted by molar-refractivity contribution is -0.119. The van der Waals surface area contributed by atoms with Gasteiger partial charge in [0, 0.05) is 5.75 Å². The lowest BCUT2D eigenvalue weighted by Crippen LogP contribution is -2.42. The average molecular weight is 425 g/mol. The van der Waals surface area contributed by atoms with Crippen LogP contribution in [0.25, 0.3) is 0 Å². The predicted molar refractivity (Wildman–Crippen MR) is 111 cm³/mol. The van der Waals surface area contributed by atoms with Gasteiger partial charge in [-0.2, -0.15) is 0 Å². The molecule has 1 amide bonds. The smallest absolute Gasteiger partial charge is 0.257 e. The lowest BCUT2D eigenvalue weighted by Gasteiger charge is -2.18. The van der Waals surface area contributed by atoms with Crippen LogP contribution in [0.3, 0.4) is 0 Å². The van der Waals surface area contributed by atoms with Crippen LogP contribution in [0.1, 0.15) is 33.4 Å². The molecule has 5 nitrogen and oxygen atoms in total. The van der Waals surface area contributed by atoms with Crippen LogP contribution in [0.4, 0.5) is 4.39 Å². The van der Waals surface area contributed by atoms with Gasteiger partial charge >= 0.3 is 0 Å². The largest absolute Gasteiger partial charge is 0.277 e. The molecule has 0 unspecified atom stereocenters. The van der Waals surface area contributed by atoms with Crippen LogP contribution in [0.15, 0.2) is 29.2 Å². The van der Waals surface area contributed by atoms with Crippen molar-refractivity contribution in [2.75, 3.05) is 5.75 Å². The zero-order valence-electron chi connectivity index (χ0n) is 16.6. The highest BCUT2D eigenvalue weighted by Gasteiger charge is 2.16. The first-order valence-electron chi connectivity index (χ1n) is 8.74. The molecule has 2 rings (SSSR count). The summed E-state index contributed by atoms with van der Waals surface area (Å²) in [5.41, 5.74) is 9.67. The fraction of sp³-hybridized carbons (Fsp3) is 0.350. The first-order valence-corrected chi connectivity index (χ1v) is 11.4. The molecule has 0 bridgehead atoms. The number of hydrogen-bond acceptors (Lipinski definition) is 4. The quantitative estimate of drug-likeness (QED) is 0.666. The number of nitrogens with one attached hydrogen (secondary N) is 2. The molecule has 28 heavy (non-hydrogen) atoms. The van der Waals surface area contributed by atoms with Gasteiger partial charge in [0.1, 0.15) is 5.82 Å². The maximum atomic E-state index is 12.9. The monoisotopic (exact) mass is 424 g/mol. The summed E-state index contributed by atoms with van der Waals surface area (Å²) < 4.78 is 37.1. The molecular weight excluding hydrogens is 399 g/mol. The van der Waals surface area contributed by atoms with Gasteiger partial charge in [-0.3, -0.25) is 10.2 Å². The van der Waals surface area contributed by atoms with Crippen LogP contribution in [-0.4, -0.2) is 20.1 Å². The third kappa shape index (κ3) is 5.12. The number of carbonyl (C=O) groups excluding carboxylic acids is 1. The molecule has 0 aromatic heterocycles.